The van der Waals surface area contributed by atoms with Gasteiger partial charge in [0.25, 0.3) is 0 Å². The van der Waals surface area contributed by atoms with Gasteiger partial charge in [0.15, 0.2) is 0 Å². The molecular weight excluding hydrogens is 163 g/mol. The van der Waals surface area contributed by atoms with Crippen molar-refractivity contribution in [1.82, 2.24) is 0 Å². The van der Waals surface area contributed by atoms with Crippen LogP contribution < -0.4 is 0 Å². The van der Waals surface area contributed by atoms with Crippen LogP contribution in [-0.4, -0.2) is 0 Å². The van der Waals surface area contributed by atoms with Crippen LogP contribution in [0.25, 0.3) is 0 Å². The molecule has 0 atom stereocenters. The Bertz CT molecular complexity index is 187. The molecule has 10 heavy (non-hydrogen) atoms. The summed E-state index contributed by atoms with van der Waals surface area (Å²) in [6.07, 6.45) is 5.79. The van der Waals surface area contributed by atoms with E-state index in [4.69, 9.17) is 0 Å². The first-order valence-electron chi connectivity index (χ1n) is 3.86. The fourth-order valence-corrected chi connectivity index (χ4v) is 1.93. The van der Waals surface area contributed by atoms with E-state index in [-0.39, 0.29) is 0 Å². The number of allylic oxidation sites excluding steroid dienone is 4. The normalized spacial score (nSPS) is 18.1. The Kier molecular flexibility index (Phi) is 2.76. The molecule has 0 aliphatic heterocycles. The molecule has 1 rings (SSSR count). The summed E-state index contributed by atoms with van der Waals surface area (Å²) in [7, 11) is 0. The molecule has 0 saturated carbocycles. The molecule has 0 aromatic heterocycles. The SMILES string of the molecule is CCC1=CC[C]([Mn])=C1CC. The van der Waals surface area contributed by atoms with E-state index >= 15 is 0 Å². The van der Waals surface area contributed by atoms with Crippen molar-refractivity contribution in [3.63, 3.8) is 0 Å². The van der Waals surface area contributed by atoms with Crippen molar-refractivity contribution in [2.24, 2.45) is 0 Å². The molecule has 0 radical (unpaired) electrons. The van der Waals surface area contributed by atoms with Gasteiger partial charge < -0.3 is 0 Å². The maximum absolute atomic E-state index is 3.57. The van der Waals surface area contributed by atoms with Crippen LogP contribution in [-0.2, 0) is 16.0 Å². The monoisotopic (exact) mass is 176 g/mol. The van der Waals surface area contributed by atoms with Gasteiger partial charge in [0.05, 0.1) is 0 Å². The topological polar surface area (TPSA) is 0 Å². The van der Waals surface area contributed by atoms with Gasteiger partial charge in [-0.15, -0.1) is 0 Å². The molecule has 0 amide bonds. The number of rotatable bonds is 2. The minimum atomic E-state index is 1.12. The van der Waals surface area contributed by atoms with Gasteiger partial charge in [-0.1, -0.05) is 0 Å². The maximum atomic E-state index is 3.57. The second kappa shape index (κ2) is 3.41. The van der Waals surface area contributed by atoms with Crippen LogP contribution in [0.15, 0.2) is 21.7 Å². The molecule has 56 valence electrons. The summed E-state index contributed by atoms with van der Waals surface area (Å²) >= 11 is 3.57. The van der Waals surface area contributed by atoms with Crippen molar-refractivity contribution in [3.05, 3.63) is 21.7 Å². The van der Waals surface area contributed by atoms with Crippen LogP contribution in [0.3, 0.4) is 0 Å². The van der Waals surface area contributed by atoms with Crippen molar-refractivity contribution in [2.75, 3.05) is 0 Å². The molecule has 0 bridgehead atoms. The molecule has 1 heteroatoms. The summed E-state index contributed by atoms with van der Waals surface area (Å²) in [6.45, 7) is 4.43. The number of hydrogen-bond acceptors (Lipinski definition) is 0. The summed E-state index contributed by atoms with van der Waals surface area (Å²) in [5, 5.41) is 0. The third kappa shape index (κ3) is 1.36. The molecule has 0 fully saturated rings. The molecule has 0 unspecified atom stereocenters. The first-order chi connectivity index (χ1) is 4.79. The van der Waals surface area contributed by atoms with Crippen LogP contribution in [0, 0.1) is 0 Å². The van der Waals surface area contributed by atoms with E-state index in [1.54, 1.807) is 0 Å². The van der Waals surface area contributed by atoms with Crippen molar-refractivity contribution < 1.29 is 16.0 Å². The average molecular weight is 176 g/mol. The van der Waals surface area contributed by atoms with Crippen molar-refractivity contribution in [2.45, 2.75) is 33.1 Å². The van der Waals surface area contributed by atoms with Gasteiger partial charge >= 0.3 is 70.8 Å². The van der Waals surface area contributed by atoms with Crippen LogP contribution in [0.5, 0.6) is 0 Å². The summed E-state index contributed by atoms with van der Waals surface area (Å²) in [6, 6.07) is 0. The average Bonchev–Trinajstić information content (AvgIpc) is 2.30. The van der Waals surface area contributed by atoms with E-state index in [2.05, 4.69) is 35.9 Å². The second-order valence-electron chi connectivity index (χ2n) is 2.52. The molecule has 0 N–H and O–H groups in total. The van der Waals surface area contributed by atoms with Crippen LogP contribution >= 0.6 is 0 Å². The molecule has 1 aliphatic carbocycles. The Balaban J connectivity index is 2.79. The zero-order chi connectivity index (χ0) is 7.56. The van der Waals surface area contributed by atoms with E-state index in [9.17, 15) is 0 Å². The Hall–Kier alpha value is -0.000519. The molecule has 0 aromatic rings. The van der Waals surface area contributed by atoms with Gasteiger partial charge in [-0.2, -0.15) is 0 Å². The van der Waals surface area contributed by atoms with E-state index in [0.29, 0.717) is 0 Å². The van der Waals surface area contributed by atoms with Gasteiger partial charge in [0, 0.05) is 0 Å². The van der Waals surface area contributed by atoms with Gasteiger partial charge in [0.1, 0.15) is 0 Å². The third-order valence-corrected chi connectivity index (χ3v) is 2.57. The standard InChI is InChI=1S/C9H13.Mn/c1-3-8-6-5-7-9(8)4-2;/h6H,3-5H2,1-2H3;. The fourth-order valence-electron chi connectivity index (χ4n) is 1.41. The molecule has 0 aromatic carbocycles. The Morgan fingerprint density at radius 3 is 2.50 bits per heavy atom. The van der Waals surface area contributed by atoms with Gasteiger partial charge in [0.2, 0.25) is 0 Å². The predicted octanol–water partition coefficient (Wildman–Crippen LogP) is 2.94. The van der Waals surface area contributed by atoms with E-state index in [1.165, 1.54) is 28.5 Å². The zero-order valence-corrected chi connectivity index (χ0v) is 7.76. The van der Waals surface area contributed by atoms with Gasteiger partial charge in [-0.05, 0) is 0 Å². The number of hydrogen-bond donors (Lipinski definition) is 0. The van der Waals surface area contributed by atoms with E-state index < -0.39 is 0 Å². The Morgan fingerprint density at radius 2 is 2.10 bits per heavy atom. The quantitative estimate of drug-likeness (QED) is 0.567. The van der Waals surface area contributed by atoms with Gasteiger partial charge in [-0.25, -0.2) is 0 Å². The zero-order valence-electron chi connectivity index (χ0n) is 6.58. The van der Waals surface area contributed by atoms with E-state index in [0.717, 1.165) is 6.42 Å². The molecule has 0 saturated heterocycles. The summed E-state index contributed by atoms with van der Waals surface area (Å²) in [5.41, 5.74) is 3.07. The summed E-state index contributed by atoms with van der Waals surface area (Å²) in [5.74, 6) is 0. The minimum absolute atomic E-state index is 1.12. The predicted molar refractivity (Wildman–Crippen MR) is 40.3 cm³/mol. The van der Waals surface area contributed by atoms with Crippen molar-refractivity contribution in [3.8, 4) is 0 Å². The van der Waals surface area contributed by atoms with Crippen molar-refractivity contribution >= 4 is 0 Å². The summed E-state index contributed by atoms with van der Waals surface area (Å²) < 4.78 is 1.40. The Labute approximate surface area is 71.2 Å². The summed E-state index contributed by atoms with van der Waals surface area (Å²) in [4.78, 5) is 0. The first-order valence-corrected chi connectivity index (χ1v) is 4.45. The van der Waals surface area contributed by atoms with Gasteiger partial charge in [-0.3, -0.25) is 0 Å². The van der Waals surface area contributed by atoms with Crippen LogP contribution in [0.4, 0.5) is 0 Å². The van der Waals surface area contributed by atoms with E-state index in [1.807, 2.05) is 0 Å². The molecule has 1 aliphatic rings. The fraction of sp³-hybridized carbons (Fsp3) is 0.556. The third-order valence-electron chi connectivity index (χ3n) is 1.98. The van der Waals surface area contributed by atoms with Crippen LogP contribution in [0.2, 0.25) is 0 Å². The molecule has 0 nitrogen and oxygen atoms in total. The molecule has 0 spiro atoms. The molecule has 0 heterocycles. The van der Waals surface area contributed by atoms with Crippen molar-refractivity contribution in [1.29, 1.82) is 0 Å². The molecular formula is C9H13Mn. The second-order valence-corrected chi connectivity index (χ2v) is 3.24. The first kappa shape index (κ1) is 8.10. The van der Waals surface area contributed by atoms with Crippen LogP contribution in [0.1, 0.15) is 33.1 Å². The Morgan fingerprint density at radius 1 is 1.40 bits per heavy atom.